The molecule has 2 aromatic heterocycles. The van der Waals surface area contributed by atoms with Gasteiger partial charge in [0, 0.05) is 34.4 Å². The highest BCUT2D eigenvalue weighted by Gasteiger charge is 2.39. The van der Waals surface area contributed by atoms with E-state index in [2.05, 4.69) is 35.5 Å². The molecule has 3 N–H and O–H groups in total. The average Bonchev–Trinajstić information content (AvgIpc) is 3.05. The van der Waals surface area contributed by atoms with Gasteiger partial charge in [-0.2, -0.15) is 8.42 Å². The van der Waals surface area contributed by atoms with E-state index in [0.29, 0.717) is 34.4 Å². The van der Waals surface area contributed by atoms with Crippen LogP contribution in [0.1, 0.15) is 37.6 Å². The molecule has 3 heterocycles. The fourth-order valence-electron chi connectivity index (χ4n) is 4.45. The Labute approximate surface area is 204 Å². The van der Waals surface area contributed by atoms with E-state index in [4.69, 9.17) is 17.3 Å². The zero-order chi connectivity index (χ0) is 24.7. The molecule has 1 amide bonds. The van der Waals surface area contributed by atoms with Gasteiger partial charge in [-0.1, -0.05) is 42.8 Å². The second-order valence-corrected chi connectivity index (χ2v) is 11.2. The molecule has 34 heavy (non-hydrogen) atoms. The van der Waals surface area contributed by atoms with Gasteiger partial charge in [-0.15, -0.1) is 0 Å². The van der Waals surface area contributed by atoms with Gasteiger partial charge in [-0.25, -0.2) is 14.7 Å². The van der Waals surface area contributed by atoms with Crippen LogP contribution in [0.5, 0.6) is 0 Å². The quantitative estimate of drug-likeness (QED) is 0.542. The summed E-state index contributed by atoms with van der Waals surface area (Å²) >= 11 is 6.37. The van der Waals surface area contributed by atoms with Crippen molar-refractivity contribution in [1.82, 2.24) is 14.7 Å². The summed E-state index contributed by atoms with van der Waals surface area (Å²) in [6.45, 7) is 6.98. The summed E-state index contributed by atoms with van der Waals surface area (Å²) in [5, 5.41) is 0.155. The Hall–Kier alpha value is -3.17. The molecule has 1 fully saturated rings. The number of rotatable bonds is 5. The van der Waals surface area contributed by atoms with E-state index >= 15 is 0 Å². The molecule has 0 aliphatic carbocycles. The number of nitrogens with zero attached hydrogens (tertiary/aromatic N) is 3. The average molecular weight is 500 g/mol. The van der Waals surface area contributed by atoms with Crippen molar-refractivity contribution in [2.75, 3.05) is 17.2 Å². The van der Waals surface area contributed by atoms with Gasteiger partial charge in [0.25, 0.3) is 15.9 Å². The number of nitrogen functional groups attached to an aromatic ring is 1. The van der Waals surface area contributed by atoms with Gasteiger partial charge in [-0.05, 0) is 50.5 Å². The second-order valence-electron chi connectivity index (χ2n) is 9.14. The van der Waals surface area contributed by atoms with Crippen LogP contribution in [-0.2, 0) is 10.0 Å². The zero-order valence-corrected chi connectivity index (χ0v) is 20.7. The number of hydrogen-bond donors (Lipinski definition) is 2. The molecule has 1 saturated heterocycles. The number of benzene rings is 1. The summed E-state index contributed by atoms with van der Waals surface area (Å²) in [5.74, 6) is 0.0248. The predicted molar refractivity (Wildman–Crippen MR) is 133 cm³/mol. The molecule has 10 heteroatoms. The Morgan fingerprint density at radius 2 is 1.94 bits per heavy atom. The van der Waals surface area contributed by atoms with Crippen molar-refractivity contribution in [3.05, 3.63) is 65.3 Å². The molecule has 8 nitrogen and oxygen atoms in total. The van der Waals surface area contributed by atoms with Crippen LogP contribution in [0.2, 0.25) is 5.02 Å². The Morgan fingerprint density at radius 1 is 1.21 bits per heavy atom. The van der Waals surface area contributed by atoms with Crippen LogP contribution in [0.15, 0.2) is 59.8 Å². The number of anilines is 2. The van der Waals surface area contributed by atoms with Crippen molar-refractivity contribution < 1.29 is 13.2 Å². The molecule has 1 aliphatic rings. The minimum absolute atomic E-state index is 0.0335. The molecule has 0 bridgehead atoms. The number of pyridine rings is 2. The van der Waals surface area contributed by atoms with Crippen molar-refractivity contribution in [3.63, 3.8) is 0 Å². The summed E-state index contributed by atoms with van der Waals surface area (Å²) in [6.07, 6.45) is 2.56. The van der Waals surface area contributed by atoms with Crippen molar-refractivity contribution in [1.29, 1.82) is 0 Å². The Bertz CT molecular complexity index is 1360. The lowest BCUT2D eigenvalue weighted by molar-refractivity contribution is 0.0981. The summed E-state index contributed by atoms with van der Waals surface area (Å²) in [5.41, 5.74) is 6.78. The van der Waals surface area contributed by atoms with Crippen LogP contribution >= 0.6 is 11.6 Å². The van der Waals surface area contributed by atoms with Gasteiger partial charge in [0.05, 0.1) is 5.56 Å². The first-order valence-electron chi connectivity index (χ1n) is 10.8. The summed E-state index contributed by atoms with van der Waals surface area (Å²) < 4.78 is 27.9. The van der Waals surface area contributed by atoms with E-state index < -0.39 is 15.9 Å². The second kappa shape index (κ2) is 8.88. The maximum absolute atomic E-state index is 13.4. The maximum atomic E-state index is 13.4. The van der Waals surface area contributed by atoms with Crippen LogP contribution in [0.4, 0.5) is 11.6 Å². The zero-order valence-electron chi connectivity index (χ0n) is 19.1. The number of aromatic nitrogens is 2. The lowest BCUT2D eigenvalue weighted by Gasteiger charge is -2.33. The molecule has 1 aromatic carbocycles. The van der Waals surface area contributed by atoms with Gasteiger partial charge >= 0.3 is 0 Å². The Balaban J connectivity index is 1.80. The van der Waals surface area contributed by atoms with Gasteiger partial charge in [0.2, 0.25) is 0 Å². The van der Waals surface area contributed by atoms with Gasteiger partial charge in [0.1, 0.15) is 11.6 Å². The third-order valence-electron chi connectivity index (χ3n) is 5.87. The minimum Gasteiger partial charge on any atom is -0.384 e. The van der Waals surface area contributed by atoms with Gasteiger partial charge in [0.15, 0.2) is 5.03 Å². The molecule has 3 aromatic rings. The lowest BCUT2D eigenvalue weighted by atomic mass is 9.97. The van der Waals surface area contributed by atoms with Gasteiger partial charge < -0.3 is 10.6 Å². The molecular weight excluding hydrogens is 474 g/mol. The van der Waals surface area contributed by atoms with Crippen LogP contribution < -0.4 is 15.4 Å². The molecule has 178 valence electrons. The highest BCUT2D eigenvalue weighted by molar-refractivity contribution is 7.90. The van der Waals surface area contributed by atoms with Crippen LogP contribution in [-0.4, -0.2) is 36.4 Å². The Morgan fingerprint density at radius 3 is 2.59 bits per heavy atom. The number of nitrogens with two attached hydrogens (primary N) is 1. The molecule has 0 radical (unpaired) electrons. The Kier molecular flexibility index (Phi) is 6.26. The first-order chi connectivity index (χ1) is 16.0. The van der Waals surface area contributed by atoms with E-state index in [1.54, 1.807) is 24.4 Å². The number of nitrogens with one attached hydrogen (secondary N) is 1. The predicted octanol–water partition coefficient (Wildman–Crippen LogP) is 4.12. The monoisotopic (exact) mass is 499 g/mol. The number of hydrogen-bond acceptors (Lipinski definition) is 7. The first kappa shape index (κ1) is 24.0. The topological polar surface area (TPSA) is 118 Å². The molecule has 0 spiro atoms. The van der Waals surface area contributed by atoms with Crippen LogP contribution in [0, 0.1) is 5.92 Å². The highest BCUT2D eigenvalue weighted by Crippen LogP contribution is 2.38. The molecule has 1 aliphatic heterocycles. The number of carbonyl (C=O) groups is 1. The molecule has 0 saturated carbocycles. The number of sulfonamides is 1. The fourth-order valence-corrected chi connectivity index (χ4v) is 5.64. The van der Waals surface area contributed by atoms with E-state index in [9.17, 15) is 13.2 Å². The largest absolute Gasteiger partial charge is 0.384 e. The summed E-state index contributed by atoms with van der Waals surface area (Å²) in [6, 6.07) is 13.0. The lowest BCUT2D eigenvalue weighted by Crippen LogP contribution is -2.41. The van der Waals surface area contributed by atoms with Gasteiger partial charge in [-0.3, -0.25) is 4.79 Å². The van der Waals surface area contributed by atoms with E-state index in [0.717, 1.165) is 6.42 Å². The van der Waals surface area contributed by atoms with E-state index in [1.165, 1.54) is 18.2 Å². The molecule has 1 atom stereocenters. The van der Waals surface area contributed by atoms with E-state index in [-0.39, 0.29) is 21.9 Å². The van der Waals surface area contributed by atoms with Crippen molar-refractivity contribution in [2.45, 2.75) is 37.8 Å². The van der Waals surface area contributed by atoms with Crippen molar-refractivity contribution >= 4 is 39.2 Å². The standard InChI is InChI=1S/C24H26ClN5O3S/c1-15-12-24(2,3)30(14-15)22-18(11-16(13-27-22)17-7-4-5-8-19(17)25)23(31)29-34(32,33)21-10-6-9-20(26)28-21/h4-11,13,15H,12,14H2,1-3H3,(H2,26,28)(H,29,31). The SMILES string of the molecule is CC1CN(c2ncc(-c3ccccc3Cl)cc2C(=O)NS(=O)(=O)c2cccc(N)n2)C(C)(C)C1. The normalized spacial score (nSPS) is 17.5. The number of halogens is 1. The third-order valence-corrected chi connectivity index (χ3v) is 7.43. The minimum atomic E-state index is -4.26. The van der Waals surface area contributed by atoms with E-state index in [1.807, 2.05) is 17.0 Å². The fraction of sp³-hybridized carbons (Fsp3) is 0.292. The van der Waals surface area contributed by atoms with Crippen LogP contribution in [0.3, 0.4) is 0 Å². The highest BCUT2D eigenvalue weighted by atomic mass is 35.5. The number of carbonyl (C=O) groups excluding carboxylic acids is 1. The summed E-state index contributed by atoms with van der Waals surface area (Å²) in [7, 11) is -4.26. The maximum Gasteiger partial charge on any atom is 0.281 e. The molecule has 4 rings (SSSR count). The molecule has 1 unspecified atom stereocenters. The first-order valence-corrected chi connectivity index (χ1v) is 12.7. The van der Waals surface area contributed by atoms with Crippen molar-refractivity contribution in [3.8, 4) is 11.1 Å². The molecular formula is C24H26ClN5O3S. The van der Waals surface area contributed by atoms with Crippen molar-refractivity contribution in [2.24, 2.45) is 5.92 Å². The van der Waals surface area contributed by atoms with Crippen LogP contribution in [0.25, 0.3) is 11.1 Å². The number of amides is 1. The third kappa shape index (κ3) is 4.71. The smallest absolute Gasteiger partial charge is 0.281 e. The summed E-state index contributed by atoms with van der Waals surface area (Å²) in [4.78, 5) is 23.9.